The number of aromatic nitrogens is 3. The molecule has 2 rings (SSSR count). The summed E-state index contributed by atoms with van der Waals surface area (Å²) in [6.45, 7) is 2.10. The number of carboxylic acid groups (broad SMARTS) is 1. The van der Waals surface area contributed by atoms with E-state index in [0.29, 0.717) is 11.6 Å². The predicted molar refractivity (Wildman–Crippen MR) is 65.2 cm³/mol. The van der Waals surface area contributed by atoms with Crippen LogP contribution in [-0.4, -0.2) is 38.1 Å². The molecule has 1 aromatic heterocycles. The Balaban J connectivity index is 1.71. The summed E-state index contributed by atoms with van der Waals surface area (Å²) in [5.74, 6) is -0.385. The third-order valence-electron chi connectivity index (χ3n) is 3.08. The van der Waals surface area contributed by atoms with E-state index in [-0.39, 0.29) is 25.2 Å². The number of rotatable bonds is 6. The number of aliphatic carboxylic acids is 1. The lowest BCUT2D eigenvalue weighted by atomic mass is 10.3. The van der Waals surface area contributed by atoms with E-state index >= 15 is 0 Å². The molecule has 1 saturated carbocycles. The number of carbonyl (C=O) groups excluding carboxylic acids is 1. The molecule has 1 aliphatic rings. The molecule has 0 radical (unpaired) electrons. The monoisotopic (exact) mass is 267 g/mol. The average Bonchev–Trinajstić information content (AvgIpc) is 2.95. The van der Waals surface area contributed by atoms with Crippen LogP contribution in [0.15, 0.2) is 6.20 Å². The van der Waals surface area contributed by atoms with Gasteiger partial charge in [0.25, 0.3) is 0 Å². The van der Waals surface area contributed by atoms with Crippen LogP contribution in [0.1, 0.15) is 25.5 Å². The Morgan fingerprint density at radius 2 is 2.37 bits per heavy atom. The van der Waals surface area contributed by atoms with Crippen molar-refractivity contribution in [3.63, 3.8) is 0 Å². The lowest BCUT2D eigenvalue weighted by Gasteiger charge is -2.05. The summed E-state index contributed by atoms with van der Waals surface area (Å²) in [5, 5.41) is 21.5. The van der Waals surface area contributed by atoms with Crippen molar-refractivity contribution in [3.8, 4) is 0 Å². The van der Waals surface area contributed by atoms with Gasteiger partial charge in [0.1, 0.15) is 12.2 Å². The van der Waals surface area contributed by atoms with E-state index in [2.05, 4.69) is 27.9 Å². The summed E-state index contributed by atoms with van der Waals surface area (Å²) in [4.78, 5) is 22.0. The lowest BCUT2D eigenvalue weighted by Crippen LogP contribution is -2.37. The van der Waals surface area contributed by atoms with Crippen molar-refractivity contribution in [1.29, 1.82) is 0 Å². The smallest absolute Gasteiger partial charge is 0.325 e. The highest BCUT2D eigenvalue weighted by atomic mass is 16.4. The lowest BCUT2D eigenvalue weighted by molar-refractivity contribution is -0.137. The molecule has 2 amide bonds. The van der Waals surface area contributed by atoms with Gasteiger partial charge < -0.3 is 15.7 Å². The van der Waals surface area contributed by atoms with Gasteiger partial charge in [-0.2, -0.15) is 0 Å². The first kappa shape index (κ1) is 13.3. The summed E-state index contributed by atoms with van der Waals surface area (Å²) < 4.78 is 1.21. The molecule has 8 heteroatoms. The zero-order valence-corrected chi connectivity index (χ0v) is 10.7. The predicted octanol–water partition coefficient (Wildman–Crippen LogP) is -0.0396. The highest BCUT2D eigenvalue weighted by Gasteiger charge is 2.36. The summed E-state index contributed by atoms with van der Waals surface area (Å²) in [6, 6.07) is 0.0569. The zero-order chi connectivity index (χ0) is 13.8. The second kappa shape index (κ2) is 5.68. The first-order valence-corrected chi connectivity index (χ1v) is 6.23. The number of carboxylic acids is 1. The fraction of sp³-hybridized carbons (Fsp3) is 0.636. The number of urea groups is 1. The largest absolute Gasteiger partial charge is 0.480 e. The number of amides is 2. The van der Waals surface area contributed by atoms with E-state index in [1.807, 2.05) is 0 Å². The Labute approximate surface area is 110 Å². The second-order valence-electron chi connectivity index (χ2n) is 4.64. The molecule has 0 saturated heterocycles. The topological polar surface area (TPSA) is 109 Å². The van der Waals surface area contributed by atoms with Crippen LogP contribution in [0.4, 0.5) is 4.79 Å². The van der Waals surface area contributed by atoms with Crippen molar-refractivity contribution >= 4 is 12.0 Å². The third-order valence-corrected chi connectivity index (χ3v) is 3.08. The first-order valence-electron chi connectivity index (χ1n) is 6.23. The van der Waals surface area contributed by atoms with Gasteiger partial charge in [-0.15, -0.1) is 5.10 Å². The molecule has 0 aliphatic heterocycles. The zero-order valence-electron chi connectivity index (χ0n) is 10.7. The Kier molecular flexibility index (Phi) is 3.98. The minimum atomic E-state index is -0.985. The molecule has 2 atom stereocenters. The molecule has 1 fully saturated rings. The van der Waals surface area contributed by atoms with Gasteiger partial charge in [0, 0.05) is 6.04 Å². The van der Waals surface area contributed by atoms with Crippen LogP contribution >= 0.6 is 0 Å². The van der Waals surface area contributed by atoms with Crippen LogP contribution in [0, 0.1) is 5.92 Å². The van der Waals surface area contributed by atoms with Crippen molar-refractivity contribution in [2.75, 3.05) is 0 Å². The summed E-state index contributed by atoms with van der Waals surface area (Å²) in [7, 11) is 0. The molecule has 2 unspecified atom stereocenters. The molecule has 0 aromatic carbocycles. The molecule has 104 valence electrons. The van der Waals surface area contributed by atoms with E-state index in [1.165, 1.54) is 10.9 Å². The molecule has 19 heavy (non-hydrogen) atoms. The minimum absolute atomic E-state index is 0.228. The first-order chi connectivity index (χ1) is 9.08. The highest BCUT2D eigenvalue weighted by Crippen LogP contribution is 2.32. The molecule has 3 N–H and O–H groups in total. The summed E-state index contributed by atoms with van der Waals surface area (Å²) >= 11 is 0. The Morgan fingerprint density at radius 1 is 1.58 bits per heavy atom. The fourth-order valence-electron chi connectivity index (χ4n) is 1.90. The number of nitrogens with zero attached hydrogens (tertiary/aromatic N) is 3. The van der Waals surface area contributed by atoms with Crippen molar-refractivity contribution in [3.05, 3.63) is 11.9 Å². The van der Waals surface area contributed by atoms with Crippen LogP contribution in [0.5, 0.6) is 0 Å². The summed E-state index contributed by atoms with van der Waals surface area (Å²) in [6.07, 6.45) is 3.62. The quantitative estimate of drug-likeness (QED) is 0.670. The van der Waals surface area contributed by atoms with Gasteiger partial charge in [0.2, 0.25) is 0 Å². The van der Waals surface area contributed by atoms with Crippen LogP contribution < -0.4 is 10.6 Å². The fourth-order valence-corrected chi connectivity index (χ4v) is 1.90. The molecule has 8 nitrogen and oxygen atoms in total. The number of hydrogen-bond acceptors (Lipinski definition) is 4. The number of nitrogens with one attached hydrogen (secondary N) is 2. The SMILES string of the molecule is CCC1CC1NC(=O)NCc1cn(CC(=O)O)nn1. The second-order valence-corrected chi connectivity index (χ2v) is 4.64. The van der Waals surface area contributed by atoms with Gasteiger partial charge in [-0.1, -0.05) is 18.6 Å². The van der Waals surface area contributed by atoms with Crippen LogP contribution in [0.2, 0.25) is 0 Å². The molecule has 1 aromatic rings. The van der Waals surface area contributed by atoms with Crippen LogP contribution in [0.25, 0.3) is 0 Å². The maximum Gasteiger partial charge on any atom is 0.325 e. The van der Waals surface area contributed by atoms with Gasteiger partial charge in [-0.3, -0.25) is 4.79 Å². The van der Waals surface area contributed by atoms with E-state index in [9.17, 15) is 9.59 Å². The number of carbonyl (C=O) groups is 2. The standard InChI is InChI=1S/C11H17N5O3/c1-2-7-3-9(7)13-11(19)12-4-8-5-16(15-14-8)6-10(17)18/h5,7,9H,2-4,6H2,1H3,(H,17,18)(H2,12,13,19). The van der Waals surface area contributed by atoms with Gasteiger partial charge in [0.05, 0.1) is 12.7 Å². The van der Waals surface area contributed by atoms with Crippen LogP contribution in [0.3, 0.4) is 0 Å². The number of hydrogen-bond donors (Lipinski definition) is 3. The molecule has 0 bridgehead atoms. The third kappa shape index (κ3) is 3.94. The minimum Gasteiger partial charge on any atom is -0.480 e. The Hall–Kier alpha value is -2.12. The van der Waals surface area contributed by atoms with Crippen molar-refractivity contribution in [2.45, 2.75) is 38.9 Å². The van der Waals surface area contributed by atoms with E-state index in [0.717, 1.165) is 12.8 Å². The maximum absolute atomic E-state index is 11.5. The van der Waals surface area contributed by atoms with Crippen molar-refractivity contribution in [1.82, 2.24) is 25.6 Å². The van der Waals surface area contributed by atoms with Gasteiger partial charge >= 0.3 is 12.0 Å². The normalized spacial score (nSPS) is 20.9. The molecular weight excluding hydrogens is 250 g/mol. The average molecular weight is 267 g/mol. The van der Waals surface area contributed by atoms with Gasteiger partial charge in [0.15, 0.2) is 0 Å². The van der Waals surface area contributed by atoms with E-state index in [4.69, 9.17) is 5.11 Å². The summed E-state index contributed by atoms with van der Waals surface area (Å²) in [5.41, 5.74) is 0.527. The molecular formula is C11H17N5O3. The van der Waals surface area contributed by atoms with Crippen LogP contribution in [-0.2, 0) is 17.9 Å². The molecule has 1 aliphatic carbocycles. The van der Waals surface area contributed by atoms with Crippen molar-refractivity contribution in [2.24, 2.45) is 5.92 Å². The Morgan fingerprint density at radius 3 is 3.00 bits per heavy atom. The van der Waals surface area contributed by atoms with E-state index < -0.39 is 5.97 Å². The van der Waals surface area contributed by atoms with Gasteiger partial charge in [-0.25, -0.2) is 9.48 Å². The van der Waals surface area contributed by atoms with E-state index in [1.54, 1.807) is 0 Å². The molecule has 0 spiro atoms. The van der Waals surface area contributed by atoms with Crippen molar-refractivity contribution < 1.29 is 14.7 Å². The molecule has 1 heterocycles. The van der Waals surface area contributed by atoms with Gasteiger partial charge in [-0.05, 0) is 12.3 Å². The highest BCUT2D eigenvalue weighted by molar-refractivity contribution is 5.74. The maximum atomic E-state index is 11.5. The Bertz CT molecular complexity index is 473.